The third-order valence-electron chi connectivity index (χ3n) is 1.36. The third kappa shape index (κ3) is 3.02. The molecule has 0 unspecified atom stereocenters. The van der Waals surface area contributed by atoms with Crippen LogP contribution in [0.2, 0.25) is 0 Å². The van der Waals surface area contributed by atoms with E-state index in [4.69, 9.17) is 0 Å². The van der Waals surface area contributed by atoms with Crippen LogP contribution < -0.4 is 0 Å². The zero-order valence-corrected chi connectivity index (χ0v) is 8.41. The van der Waals surface area contributed by atoms with Crippen LogP contribution in [-0.4, -0.2) is 0 Å². The van der Waals surface area contributed by atoms with Crippen LogP contribution in [0.15, 0.2) is 34.6 Å². The SMILES string of the molecule is C=C/C(Br)=C(CC)\C(F)=C/C. The second-order valence-electron chi connectivity index (χ2n) is 2.02. The van der Waals surface area contributed by atoms with Crippen LogP contribution in [0.25, 0.3) is 0 Å². The Balaban J connectivity index is 4.79. The van der Waals surface area contributed by atoms with Crippen molar-refractivity contribution >= 4 is 15.9 Å². The molecular weight excluding hydrogens is 207 g/mol. The summed E-state index contributed by atoms with van der Waals surface area (Å²) >= 11 is 3.23. The van der Waals surface area contributed by atoms with E-state index in [0.717, 1.165) is 4.48 Å². The van der Waals surface area contributed by atoms with E-state index in [1.807, 2.05) is 6.92 Å². The Morgan fingerprint density at radius 3 is 2.45 bits per heavy atom. The van der Waals surface area contributed by atoms with E-state index in [1.165, 1.54) is 6.08 Å². The van der Waals surface area contributed by atoms with Gasteiger partial charge in [-0.1, -0.05) is 41.6 Å². The second kappa shape index (κ2) is 5.30. The van der Waals surface area contributed by atoms with E-state index in [9.17, 15) is 4.39 Å². The molecule has 0 aliphatic carbocycles. The molecule has 2 heteroatoms. The molecule has 0 N–H and O–H groups in total. The molecule has 0 saturated heterocycles. The maximum atomic E-state index is 13.0. The molecule has 0 radical (unpaired) electrons. The van der Waals surface area contributed by atoms with Crippen molar-refractivity contribution in [3.05, 3.63) is 34.6 Å². The maximum absolute atomic E-state index is 13.0. The zero-order chi connectivity index (χ0) is 8.85. The van der Waals surface area contributed by atoms with E-state index in [2.05, 4.69) is 22.5 Å². The lowest BCUT2D eigenvalue weighted by Gasteiger charge is -2.01. The molecule has 0 bridgehead atoms. The highest BCUT2D eigenvalue weighted by atomic mass is 79.9. The fourth-order valence-corrected chi connectivity index (χ4v) is 1.22. The van der Waals surface area contributed by atoms with Gasteiger partial charge >= 0.3 is 0 Å². The van der Waals surface area contributed by atoms with Crippen LogP contribution in [0, 0.1) is 0 Å². The van der Waals surface area contributed by atoms with E-state index >= 15 is 0 Å². The molecule has 0 heterocycles. The number of hydrogen-bond acceptors (Lipinski definition) is 0. The molecule has 0 atom stereocenters. The van der Waals surface area contributed by atoms with Crippen molar-refractivity contribution in [3.63, 3.8) is 0 Å². The molecule has 0 spiro atoms. The first-order chi connectivity index (χ1) is 5.17. The van der Waals surface area contributed by atoms with Gasteiger partial charge in [0, 0.05) is 10.1 Å². The van der Waals surface area contributed by atoms with Crippen molar-refractivity contribution in [2.45, 2.75) is 20.3 Å². The largest absolute Gasteiger partial charge is 0.207 e. The quantitative estimate of drug-likeness (QED) is 0.626. The van der Waals surface area contributed by atoms with E-state index in [-0.39, 0.29) is 5.83 Å². The normalized spacial score (nSPS) is 14.4. The molecule has 0 nitrogen and oxygen atoms in total. The highest BCUT2D eigenvalue weighted by Gasteiger charge is 2.03. The van der Waals surface area contributed by atoms with Crippen LogP contribution in [0.5, 0.6) is 0 Å². The summed E-state index contributed by atoms with van der Waals surface area (Å²) in [6.45, 7) is 7.13. The minimum absolute atomic E-state index is 0.181. The summed E-state index contributed by atoms with van der Waals surface area (Å²) in [4.78, 5) is 0. The Bertz CT molecular complexity index is 202. The van der Waals surface area contributed by atoms with Crippen LogP contribution >= 0.6 is 15.9 Å². The lowest BCUT2D eigenvalue weighted by Crippen LogP contribution is -1.83. The first-order valence-electron chi connectivity index (χ1n) is 3.50. The molecule has 0 aliphatic rings. The molecule has 0 saturated carbocycles. The summed E-state index contributed by atoms with van der Waals surface area (Å²) in [5.74, 6) is -0.181. The summed E-state index contributed by atoms with van der Waals surface area (Å²) < 4.78 is 13.7. The molecule has 0 amide bonds. The highest BCUT2D eigenvalue weighted by molar-refractivity contribution is 9.11. The number of rotatable bonds is 3. The van der Waals surface area contributed by atoms with Crippen molar-refractivity contribution in [1.29, 1.82) is 0 Å². The average molecular weight is 219 g/mol. The van der Waals surface area contributed by atoms with Gasteiger partial charge in [-0.15, -0.1) is 0 Å². The van der Waals surface area contributed by atoms with Gasteiger partial charge in [-0.05, 0) is 13.3 Å². The predicted molar refractivity (Wildman–Crippen MR) is 51.3 cm³/mol. The highest BCUT2D eigenvalue weighted by Crippen LogP contribution is 2.23. The molecule has 0 rings (SSSR count). The molecule has 11 heavy (non-hydrogen) atoms. The Hall–Kier alpha value is -0.370. The molecule has 0 aliphatic heterocycles. The van der Waals surface area contributed by atoms with Gasteiger partial charge in [-0.3, -0.25) is 0 Å². The van der Waals surface area contributed by atoms with Gasteiger partial charge in [0.15, 0.2) is 0 Å². The fraction of sp³-hybridized carbons (Fsp3) is 0.333. The van der Waals surface area contributed by atoms with Gasteiger partial charge in [0.25, 0.3) is 0 Å². The Morgan fingerprint density at radius 2 is 2.18 bits per heavy atom. The number of hydrogen-bond donors (Lipinski definition) is 0. The first-order valence-corrected chi connectivity index (χ1v) is 4.29. The smallest absolute Gasteiger partial charge is 0.123 e. The van der Waals surface area contributed by atoms with Gasteiger partial charge in [-0.2, -0.15) is 0 Å². The van der Waals surface area contributed by atoms with Crippen LogP contribution in [0.1, 0.15) is 20.3 Å². The van der Waals surface area contributed by atoms with Gasteiger partial charge < -0.3 is 0 Å². The minimum Gasteiger partial charge on any atom is -0.207 e. The van der Waals surface area contributed by atoms with Crippen molar-refractivity contribution in [2.75, 3.05) is 0 Å². The topological polar surface area (TPSA) is 0 Å². The van der Waals surface area contributed by atoms with Gasteiger partial charge in [0.1, 0.15) is 5.83 Å². The molecule has 0 aromatic carbocycles. The maximum Gasteiger partial charge on any atom is 0.123 e. The Morgan fingerprint density at radius 1 is 1.64 bits per heavy atom. The monoisotopic (exact) mass is 218 g/mol. The predicted octanol–water partition coefficient (Wildman–Crippen LogP) is 4.10. The van der Waals surface area contributed by atoms with Gasteiger partial charge in [-0.25, -0.2) is 4.39 Å². The number of allylic oxidation sites excluding steroid dienone is 5. The van der Waals surface area contributed by atoms with Crippen molar-refractivity contribution in [1.82, 2.24) is 0 Å². The zero-order valence-electron chi connectivity index (χ0n) is 6.82. The lowest BCUT2D eigenvalue weighted by atomic mass is 10.1. The second-order valence-corrected chi connectivity index (χ2v) is 2.88. The van der Waals surface area contributed by atoms with Crippen molar-refractivity contribution in [3.8, 4) is 0 Å². The average Bonchev–Trinajstić information content (AvgIpc) is 2.05. The molecular formula is C9H12BrF. The van der Waals surface area contributed by atoms with Crippen LogP contribution in [0.4, 0.5) is 4.39 Å². The summed E-state index contributed by atoms with van der Waals surface area (Å²) in [5.41, 5.74) is 0.669. The summed E-state index contributed by atoms with van der Waals surface area (Å²) in [5, 5.41) is 0. The van der Waals surface area contributed by atoms with Crippen molar-refractivity contribution in [2.24, 2.45) is 0 Å². The van der Waals surface area contributed by atoms with Crippen molar-refractivity contribution < 1.29 is 4.39 Å². The minimum atomic E-state index is -0.181. The standard InChI is InChI=1S/C9H12BrF/c1-4-7(8(10)5-2)9(11)6-3/h5-6H,2,4H2,1,3H3/b8-7+,9-6+. The first kappa shape index (κ1) is 10.6. The Labute approximate surface area is 75.6 Å². The van der Waals surface area contributed by atoms with Crippen LogP contribution in [0.3, 0.4) is 0 Å². The lowest BCUT2D eigenvalue weighted by molar-refractivity contribution is 0.640. The summed E-state index contributed by atoms with van der Waals surface area (Å²) in [7, 11) is 0. The Kier molecular flexibility index (Phi) is 5.12. The molecule has 0 aromatic heterocycles. The molecule has 0 fully saturated rings. The molecule has 62 valence electrons. The van der Waals surface area contributed by atoms with Gasteiger partial charge in [0.05, 0.1) is 0 Å². The van der Waals surface area contributed by atoms with Gasteiger partial charge in [0.2, 0.25) is 0 Å². The number of halogens is 2. The third-order valence-corrected chi connectivity index (χ3v) is 2.17. The fourth-order valence-electron chi connectivity index (χ4n) is 0.749. The van der Waals surface area contributed by atoms with E-state index in [1.54, 1.807) is 13.0 Å². The summed E-state index contributed by atoms with van der Waals surface area (Å²) in [6, 6.07) is 0. The molecule has 0 aromatic rings. The van der Waals surface area contributed by atoms with E-state index < -0.39 is 0 Å². The summed E-state index contributed by atoms with van der Waals surface area (Å²) in [6.07, 6.45) is 3.72. The van der Waals surface area contributed by atoms with Crippen LogP contribution in [-0.2, 0) is 0 Å². The van der Waals surface area contributed by atoms with E-state index in [0.29, 0.717) is 12.0 Å².